The van der Waals surface area contributed by atoms with Crippen LogP contribution in [0.25, 0.3) is 88.3 Å². The van der Waals surface area contributed by atoms with Crippen molar-refractivity contribution in [3.8, 4) is 46.0 Å². The Balaban J connectivity index is 1.35. The van der Waals surface area contributed by atoms with Crippen molar-refractivity contribution in [2.24, 2.45) is 0 Å². The zero-order valence-electron chi connectivity index (χ0n) is 71.4. The molecule has 0 aliphatic heterocycles. The van der Waals surface area contributed by atoms with Gasteiger partial charge in [-0.3, -0.25) is 0 Å². The summed E-state index contributed by atoms with van der Waals surface area (Å²) in [5.74, 6) is 5.71. The molecule has 5 aromatic heterocycles. The average Bonchev–Trinajstić information content (AvgIpc) is 1.58. The number of fused-ring (bicyclic) bond motifs is 20. The predicted octanol–water partition coefficient (Wildman–Crippen LogP) is 29.8. The second-order valence-corrected chi connectivity index (χ2v) is 32.2. The summed E-state index contributed by atoms with van der Waals surface area (Å²) in [6.07, 6.45) is 55.8. The van der Waals surface area contributed by atoms with Gasteiger partial charge in [0, 0.05) is 43.1 Å². The number of rotatable bonds is 64. The van der Waals surface area contributed by atoms with E-state index in [-0.39, 0.29) is 0 Å². The van der Waals surface area contributed by atoms with Crippen LogP contribution in [-0.2, 0) is 0 Å². The third-order valence-corrected chi connectivity index (χ3v) is 22.4. The molecule has 0 radical (unpaired) electrons. The Labute approximate surface area is 673 Å². The average molecular weight is 1540 g/mol. The molecule has 0 aliphatic rings. The number of benzene rings is 4. The molecule has 0 spiro atoms. The molecule has 9 rings (SSSR count). The number of aromatic amines is 6. The number of nitrogens with one attached hydrogen (secondary N) is 6. The zero-order chi connectivity index (χ0) is 78.4. The van der Waals surface area contributed by atoms with Crippen LogP contribution < -0.4 is 37.9 Å². The lowest BCUT2D eigenvalue weighted by Gasteiger charge is -2.14. The van der Waals surface area contributed by atoms with Crippen LogP contribution in [0, 0.1) is 0 Å². The highest BCUT2D eigenvalue weighted by molar-refractivity contribution is 6.13. The maximum Gasteiger partial charge on any atom is 0.161 e. The number of H-pyrrole nitrogens is 6. The maximum atomic E-state index is 6.94. The van der Waals surface area contributed by atoms with Gasteiger partial charge in [0.25, 0.3) is 0 Å². The molecule has 5 heterocycles. The summed E-state index contributed by atoms with van der Waals surface area (Å²) in [6.45, 7) is 22.9. The van der Waals surface area contributed by atoms with Crippen LogP contribution in [0.1, 0.15) is 364 Å². The smallest absolute Gasteiger partial charge is 0.161 e. The number of ether oxygens (including phenoxy) is 8. The van der Waals surface area contributed by atoms with Gasteiger partial charge in [-0.1, -0.05) is 312 Å². The van der Waals surface area contributed by atoms with Crippen LogP contribution in [-0.4, -0.2) is 92.7 Å². The number of hydrogen-bond donors (Lipinski definition) is 6. The van der Waals surface area contributed by atoms with Crippen molar-refractivity contribution in [1.82, 2.24) is 39.9 Å². The molecule has 16 heteroatoms. The molecule has 9 aromatic rings. The van der Waals surface area contributed by atoms with Crippen LogP contribution in [0.4, 0.5) is 0 Å². The van der Waals surface area contributed by atoms with Gasteiger partial charge in [0.2, 0.25) is 0 Å². The zero-order valence-corrected chi connectivity index (χ0v) is 71.4. The van der Waals surface area contributed by atoms with Gasteiger partial charge < -0.3 is 67.8 Å². The van der Waals surface area contributed by atoms with Crippen molar-refractivity contribution in [3.05, 3.63) is 48.5 Å². The van der Waals surface area contributed by atoms with E-state index in [0.29, 0.717) is 98.4 Å². The first-order valence-corrected chi connectivity index (χ1v) is 46.1. The number of unbranched alkanes of at least 4 members (excludes halogenated alkanes) is 40. The second-order valence-electron chi connectivity index (χ2n) is 32.2. The molecule has 0 aliphatic carbocycles. The Kier molecular flexibility index (Phi) is 41.3. The highest BCUT2D eigenvalue weighted by Crippen LogP contribution is 2.43. The Morgan fingerprint density at radius 3 is 0.509 bits per heavy atom. The third-order valence-electron chi connectivity index (χ3n) is 22.4. The highest BCUT2D eigenvalue weighted by atomic mass is 16.5. The fourth-order valence-corrected chi connectivity index (χ4v) is 15.5. The molecule has 0 atom stereocenters. The van der Waals surface area contributed by atoms with Gasteiger partial charge in [0.1, 0.15) is 45.2 Å². The molecular formula is C96H150N8O8. The summed E-state index contributed by atoms with van der Waals surface area (Å²) in [4.78, 5) is 35.2. The molecule has 0 saturated carbocycles. The molecule has 0 unspecified atom stereocenters. The highest BCUT2D eigenvalue weighted by Gasteiger charge is 2.22. The van der Waals surface area contributed by atoms with E-state index in [1.54, 1.807) is 0 Å². The third kappa shape index (κ3) is 28.6. The van der Waals surface area contributed by atoms with E-state index in [0.717, 1.165) is 191 Å². The van der Waals surface area contributed by atoms with Crippen LogP contribution in [0.2, 0.25) is 0 Å². The first-order valence-electron chi connectivity index (χ1n) is 46.1. The minimum Gasteiger partial charge on any atom is -0.490 e. The summed E-state index contributed by atoms with van der Waals surface area (Å²) in [7, 11) is 0. The Morgan fingerprint density at radius 2 is 0.312 bits per heavy atom. The van der Waals surface area contributed by atoms with Gasteiger partial charge in [0.05, 0.1) is 52.9 Å². The molecule has 16 nitrogen and oxygen atoms in total. The Hall–Kier alpha value is -7.36. The van der Waals surface area contributed by atoms with E-state index in [2.05, 4.69) is 134 Å². The minimum absolute atomic E-state index is 0.577. The van der Waals surface area contributed by atoms with E-state index >= 15 is 0 Å². The molecule has 112 heavy (non-hydrogen) atoms. The maximum absolute atomic E-state index is 6.94. The largest absolute Gasteiger partial charge is 0.490 e. The van der Waals surface area contributed by atoms with E-state index in [4.69, 9.17) is 47.9 Å². The number of hydrogen-bond acceptors (Lipinski definition) is 10. The standard InChI is InChI=1S/C96H150N8O8/c1-9-17-25-33-41-49-57-105-81-65-73-74(66-82(81)106-58-50-42-34-26-18-10-2)90-97-89(73)101-91-75-67-83(107-59-51-43-35-27-19-11-3)84(108-60-52-44-36-28-20-12-4)68-76(75)93(98-91)103-95-79-71-87(111-63-55-47-39-31-23-15-7)88(112-64-56-48-40-32-24-16-8)72-80(79)96(100-95)104-94-78-70-86(110-62-54-46-38-30-22-14-6)85(69-77(78)92(99-94)102-90)109-61-53-45-37-29-21-13-5/h65-72,97-99,101-102H,9-64H2,1-8H3,(H,100,103,104). The molecule has 0 saturated heterocycles. The lowest BCUT2D eigenvalue weighted by atomic mass is 10.1. The topological polar surface area (TPSA) is 194 Å². The van der Waals surface area contributed by atoms with Crippen LogP contribution in [0.5, 0.6) is 46.0 Å². The van der Waals surface area contributed by atoms with Crippen LogP contribution in [0.15, 0.2) is 48.5 Å². The van der Waals surface area contributed by atoms with Crippen molar-refractivity contribution in [3.63, 3.8) is 0 Å². The quantitative estimate of drug-likeness (QED) is 0.0200. The Bertz CT molecular complexity index is 3440. The van der Waals surface area contributed by atoms with E-state index < -0.39 is 0 Å². The monoisotopic (exact) mass is 1540 g/mol. The van der Waals surface area contributed by atoms with Crippen molar-refractivity contribution in [2.45, 2.75) is 364 Å². The van der Waals surface area contributed by atoms with Gasteiger partial charge >= 0.3 is 0 Å². The van der Waals surface area contributed by atoms with Crippen molar-refractivity contribution < 1.29 is 37.9 Å². The summed E-state index contributed by atoms with van der Waals surface area (Å²) in [5, 5.41) is 7.12. The minimum atomic E-state index is 0.577. The van der Waals surface area contributed by atoms with Gasteiger partial charge in [-0.2, -0.15) is 0 Å². The summed E-state index contributed by atoms with van der Waals surface area (Å²) in [5.41, 5.74) is 5.51. The lowest BCUT2D eigenvalue weighted by Crippen LogP contribution is -2.03. The van der Waals surface area contributed by atoms with Crippen LogP contribution >= 0.6 is 0 Å². The number of nitrogens with zero attached hydrogens (tertiary/aromatic N) is 2. The van der Waals surface area contributed by atoms with Gasteiger partial charge in [-0.25, -0.2) is 9.97 Å². The molecule has 0 amide bonds. The lowest BCUT2D eigenvalue weighted by molar-refractivity contribution is 0.259. The van der Waals surface area contributed by atoms with Gasteiger partial charge in [-0.15, -0.1) is 0 Å². The molecule has 622 valence electrons. The first-order chi connectivity index (χ1) is 55.3. The Morgan fingerprint density at radius 1 is 0.170 bits per heavy atom. The van der Waals surface area contributed by atoms with E-state index in [1.807, 2.05) is 0 Å². The van der Waals surface area contributed by atoms with E-state index in [9.17, 15) is 0 Å². The van der Waals surface area contributed by atoms with Gasteiger partial charge in [0.15, 0.2) is 46.0 Å². The summed E-state index contributed by atoms with van der Waals surface area (Å²) < 4.78 is 55.5. The first kappa shape index (κ1) is 88.6. The predicted molar refractivity (Wildman–Crippen MR) is 474 cm³/mol. The van der Waals surface area contributed by atoms with Gasteiger partial charge in [-0.05, 0) is 99.9 Å². The van der Waals surface area contributed by atoms with Crippen LogP contribution in [0.3, 0.4) is 0 Å². The van der Waals surface area contributed by atoms with E-state index in [1.165, 1.54) is 205 Å². The fraction of sp³-hybridized carbons (Fsp3) is 0.667. The van der Waals surface area contributed by atoms with Crippen molar-refractivity contribution in [2.75, 3.05) is 52.9 Å². The summed E-state index contributed by atoms with van der Waals surface area (Å²) in [6, 6.07) is 17.3. The van der Waals surface area contributed by atoms with Crippen molar-refractivity contribution >= 4 is 88.3 Å². The normalized spacial score (nSPS) is 11.8. The number of aromatic nitrogens is 8. The molecular weight excluding hydrogens is 1390 g/mol. The molecule has 6 N–H and O–H groups in total. The molecule has 0 fully saturated rings. The SMILES string of the molecule is CCCCCCCCOc1cc2c3nc4[nH]c([nH]c5[nH]c([nH]c6[nH]c(nc([nH]3)c2cc1OCCCCCCCC)c1cc(OCCCCCCCC)c(OCCCCCCCC)cc61)c1cc(OCCCCCCCC)c(OCCCCCCCC)cc51)c1cc(OCCCCCCCC)c(OCCCCCCCC)cc41. The molecule has 8 bridgehead atoms. The van der Waals surface area contributed by atoms with Crippen molar-refractivity contribution in [1.29, 1.82) is 0 Å². The summed E-state index contributed by atoms with van der Waals surface area (Å²) >= 11 is 0. The molecule has 4 aromatic carbocycles. The second kappa shape index (κ2) is 52.2. The fourth-order valence-electron chi connectivity index (χ4n) is 15.5.